The number of hydrogen-bond acceptors (Lipinski definition) is 5. The van der Waals surface area contributed by atoms with Crippen molar-refractivity contribution in [2.24, 2.45) is 0 Å². The summed E-state index contributed by atoms with van der Waals surface area (Å²) in [5, 5.41) is 6.28. The van der Waals surface area contributed by atoms with Gasteiger partial charge < -0.3 is 14.6 Å². The molecule has 1 aliphatic rings. The Morgan fingerprint density at radius 2 is 2.03 bits per heavy atom. The minimum Gasteiger partial charge on any atom is -0.378 e. The minimum absolute atomic E-state index is 0. The summed E-state index contributed by atoms with van der Waals surface area (Å²) in [7, 11) is 0. The van der Waals surface area contributed by atoms with E-state index in [0.717, 1.165) is 29.7 Å². The second-order valence-corrected chi connectivity index (χ2v) is 6.63. The van der Waals surface area contributed by atoms with Gasteiger partial charge in [-0.15, -0.1) is 24.8 Å². The van der Waals surface area contributed by atoms with Gasteiger partial charge in [-0.2, -0.15) is 0 Å². The summed E-state index contributed by atoms with van der Waals surface area (Å²) in [6.07, 6.45) is 2.93. The number of benzene rings is 1. The first-order valence-electron chi connectivity index (χ1n) is 9.26. The van der Waals surface area contributed by atoms with E-state index in [-0.39, 0.29) is 36.8 Å². The number of nitrogens with zero attached hydrogens (tertiary/aromatic N) is 3. The SMILES string of the molecule is Cl.Cl.O=C(CC1COCCN1)Nc1nc2ccccc2n1CCc1ccccn1. The predicted molar refractivity (Wildman–Crippen MR) is 118 cm³/mol. The quantitative estimate of drug-likeness (QED) is 0.619. The molecule has 0 radical (unpaired) electrons. The van der Waals surface area contributed by atoms with Crippen LogP contribution in [0, 0.1) is 0 Å². The van der Waals surface area contributed by atoms with Crippen molar-refractivity contribution >= 4 is 47.7 Å². The number of halogens is 2. The molecule has 7 nitrogen and oxygen atoms in total. The largest absolute Gasteiger partial charge is 0.378 e. The number of rotatable bonds is 6. The molecule has 1 aromatic carbocycles. The number of morpholine rings is 1. The number of aryl methyl sites for hydroxylation is 2. The normalized spacial score (nSPS) is 15.9. The van der Waals surface area contributed by atoms with Gasteiger partial charge in [0.2, 0.25) is 11.9 Å². The van der Waals surface area contributed by atoms with Crippen LogP contribution < -0.4 is 10.6 Å². The van der Waals surface area contributed by atoms with Gasteiger partial charge in [-0.05, 0) is 24.3 Å². The van der Waals surface area contributed by atoms with Gasteiger partial charge in [0.25, 0.3) is 0 Å². The number of para-hydroxylation sites is 2. The Hall–Kier alpha value is -2.19. The number of pyridine rings is 1. The van der Waals surface area contributed by atoms with E-state index in [0.29, 0.717) is 32.1 Å². The summed E-state index contributed by atoms with van der Waals surface area (Å²) >= 11 is 0. The fourth-order valence-corrected chi connectivity index (χ4v) is 3.32. The second kappa shape index (κ2) is 11.1. The number of aromatic nitrogens is 3. The number of fused-ring (bicyclic) bond motifs is 1. The molecular formula is C20H25Cl2N5O2. The number of carbonyl (C=O) groups excluding carboxylic acids is 1. The van der Waals surface area contributed by atoms with Gasteiger partial charge in [-0.3, -0.25) is 15.1 Å². The van der Waals surface area contributed by atoms with Crippen LogP contribution >= 0.6 is 24.8 Å². The standard InChI is InChI=1S/C20H23N5O2.2ClH/c26-19(13-16-14-27-12-10-22-16)24-20-23-17-6-1-2-7-18(17)25(20)11-8-15-5-3-4-9-21-15;;/h1-7,9,16,22H,8,10-14H2,(H,23,24,26);2*1H. The zero-order valence-corrected chi connectivity index (χ0v) is 17.5. The van der Waals surface area contributed by atoms with Crippen molar-refractivity contribution in [2.75, 3.05) is 25.1 Å². The van der Waals surface area contributed by atoms with Gasteiger partial charge in [0, 0.05) is 43.9 Å². The maximum atomic E-state index is 12.5. The first kappa shape index (κ1) is 23.1. The smallest absolute Gasteiger partial charge is 0.228 e. The Kier molecular flexibility index (Phi) is 8.85. The Morgan fingerprint density at radius 3 is 2.79 bits per heavy atom. The van der Waals surface area contributed by atoms with Crippen LogP contribution in [0.3, 0.4) is 0 Å². The molecule has 3 aromatic rings. The van der Waals surface area contributed by atoms with E-state index < -0.39 is 0 Å². The molecule has 1 fully saturated rings. The molecule has 1 amide bonds. The number of hydrogen-bond donors (Lipinski definition) is 2. The van der Waals surface area contributed by atoms with Gasteiger partial charge in [0.05, 0.1) is 24.2 Å². The van der Waals surface area contributed by atoms with Crippen LogP contribution in [-0.2, 0) is 22.5 Å². The molecule has 1 saturated heterocycles. The van der Waals surface area contributed by atoms with Crippen molar-refractivity contribution < 1.29 is 9.53 Å². The fraction of sp³-hybridized carbons (Fsp3) is 0.350. The maximum absolute atomic E-state index is 12.5. The van der Waals surface area contributed by atoms with Gasteiger partial charge >= 0.3 is 0 Å². The maximum Gasteiger partial charge on any atom is 0.228 e. The summed E-state index contributed by atoms with van der Waals surface area (Å²) in [6, 6.07) is 13.9. The van der Waals surface area contributed by atoms with Gasteiger partial charge in [-0.1, -0.05) is 18.2 Å². The average molecular weight is 438 g/mol. The molecule has 29 heavy (non-hydrogen) atoms. The monoisotopic (exact) mass is 437 g/mol. The molecule has 4 rings (SSSR count). The first-order chi connectivity index (χ1) is 13.3. The second-order valence-electron chi connectivity index (χ2n) is 6.63. The lowest BCUT2D eigenvalue weighted by atomic mass is 10.2. The number of anilines is 1. The van der Waals surface area contributed by atoms with Crippen LogP contribution in [0.2, 0.25) is 0 Å². The third-order valence-electron chi connectivity index (χ3n) is 4.65. The third kappa shape index (κ3) is 5.90. The molecular weight excluding hydrogens is 413 g/mol. The minimum atomic E-state index is -0.0626. The molecule has 2 N–H and O–H groups in total. The first-order valence-corrected chi connectivity index (χ1v) is 9.26. The summed E-state index contributed by atoms with van der Waals surface area (Å²) in [5.74, 6) is 0.515. The number of ether oxygens (including phenoxy) is 1. The van der Waals surface area contributed by atoms with E-state index in [2.05, 4.69) is 20.6 Å². The van der Waals surface area contributed by atoms with Crippen LogP contribution in [0.25, 0.3) is 11.0 Å². The van der Waals surface area contributed by atoms with Crippen molar-refractivity contribution in [2.45, 2.75) is 25.4 Å². The van der Waals surface area contributed by atoms with E-state index in [9.17, 15) is 4.79 Å². The lowest BCUT2D eigenvalue weighted by Gasteiger charge is -2.23. The van der Waals surface area contributed by atoms with E-state index in [1.807, 2.05) is 47.0 Å². The number of amides is 1. The molecule has 9 heteroatoms. The van der Waals surface area contributed by atoms with Crippen molar-refractivity contribution in [3.8, 4) is 0 Å². The molecule has 3 heterocycles. The average Bonchev–Trinajstić information content (AvgIpc) is 3.04. The number of imidazole rings is 1. The Labute approximate surface area is 182 Å². The van der Waals surface area contributed by atoms with Crippen molar-refractivity contribution in [3.05, 3.63) is 54.4 Å². The van der Waals surface area contributed by atoms with Gasteiger partial charge in [-0.25, -0.2) is 4.98 Å². The van der Waals surface area contributed by atoms with Crippen molar-refractivity contribution in [1.29, 1.82) is 0 Å². The van der Waals surface area contributed by atoms with E-state index >= 15 is 0 Å². The number of nitrogens with one attached hydrogen (secondary N) is 2. The van der Waals surface area contributed by atoms with Gasteiger partial charge in [0.15, 0.2) is 0 Å². The van der Waals surface area contributed by atoms with Crippen molar-refractivity contribution in [3.63, 3.8) is 0 Å². The van der Waals surface area contributed by atoms with E-state index in [4.69, 9.17) is 4.74 Å². The van der Waals surface area contributed by atoms with Crippen LogP contribution in [0.4, 0.5) is 5.95 Å². The number of carbonyl (C=O) groups is 1. The fourth-order valence-electron chi connectivity index (χ4n) is 3.32. The molecule has 0 aliphatic carbocycles. The Bertz CT molecular complexity index is 914. The van der Waals surface area contributed by atoms with E-state index in [1.165, 1.54) is 0 Å². The molecule has 0 saturated carbocycles. The predicted octanol–water partition coefficient (Wildman–Crippen LogP) is 2.83. The summed E-state index contributed by atoms with van der Waals surface area (Å²) in [6.45, 7) is 2.73. The van der Waals surface area contributed by atoms with Crippen molar-refractivity contribution in [1.82, 2.24) is 19.9 Å². The topological polar surface area (TPSA) is 81.1 Å². The zero-order valence-electron chi connectivity index (χ0n) is 15.9. The summed E-state index contributed by atoms with van der Waals surface area (Å²) in [5.41, 5.74) is 2.88. The highest BCUT2D eigenvalue weighted by molar-refractivity contribution is 5.92. The highest BCUT2D eigenvalue weighted by Gasteiger charge is 2.19. The van der Waals surface area contributed by atoms with Crippen LogP contribution in [0.1, 0.15) is 12.1 Å². The Balaban J connectivity index is 0.00000150. The van der Waals surface area contributed by atoms with Crippen LogP contribution in [-0.4, -0.2) is 46.2 Å². The molecule has 2 aromatic heterocycles. The highest BCUT2D eigenvalue weighted by Crippen LogP contribution is 2.20. The molecule has 1 atom stereocenters. The summed E-state index contributed by atoms with van der Waals surface area (Å²) < 4.78 is 7.47. The molecule has 1 aliphatic heterocycles. The van der Waals surface area contributed by atoms with Crippen LogP contribution in [0.15, 0.2) is 48.7 Å². The molecule has 1 unspecified atom stereocenters. The Morgan fingerprint density at radius 1 is 1.21 bits per heavy atom. The lowest BCUT2D eigenvalue weighted by molar-refractivity contribution is -0.117. The van der Waals surface area contributed by atoms with Crippen LogP contribution in [0.5, 0.6) is 0 Å². The lowest BCUT2D eigenvalue weighted by Crippen LogP contribution is -2.43. The third-order valence-corrected chi connectivity index (χ3v) is 4.65. The molecule has 0 spiro atoms. The molecule has 156 valence electrons. The molecule has 0 bridgehead atoms. The zero-order chi connectivity index (χ0) is 18.5. The highest BCUT2D eigenvalue weighted by atomic mass is 35.5. The van der Waals surface area contributed by atoms with E-state index in [1.54, 1.807) is 6.20 Å². The van der Waals surface area contributed by atoms with Gasteiger partial charge in [0.1, 0.15) is 0 Å². The summed E-state index contributed by atoms with van der Waals surface area (Å²) in [4.78, 5) is 21.5.